The predicted molar refractivity (Wildman–Crippen MR) is 148 cm³/mol. The summed E-state index contributed by atoms with van der Waals surface area (Å²) in [5.41, 5.74) is 1.43. The molecule has 3 aromatic rings. The number of morpholine rings is 1. The second-order valence-corrected chi connectivity index (χ2v) is 10.6. The zero-order chi connectivity index (χ0) is 27.2. The predicted octanol–water partition coefficient (Wildman–Crippen LogP) is 4.08. The lowest BCUT2D eigenvalue weighted by atomic mass is 10.1. The molecule has 0 N–H and O–H groups in total. The van der Waals surface area contributed by atoms with Crippen LogP contribution < -0.4 is 9.47 Å². The number of halogens is 1. The summed E-state index contributed by atoms with van der Waals surface area (Å²) >= 11 is 3.45. The van der Waals surface area contributed by atoms with Gasteiger partial charge in [-0.15, -0.1) is 0 Å². The van der Waals surface area contributed by atoms with Crippen LogP contribution in [0.25, 0.3) is 0 Å². The highest BCUT2D eigenvalue weighted by molar-refractivity contribution is 9.10. The molecule has 1 fully saturated rings. The first-order chi connectivity index (χ1) is 18.9. The number of carbonyl (C=O) groups is 2. The molecule has 2 aromatic carbocycles. The van der Waals surface area contributed by atoms with Crippen LogP contribution in [0.1, 0.15) is 27.4 Å². The summed E-state index contributed by atoms with van der Waals surface area (Å²) in [6, 6.07) is 16.7. The molecule has 0 atom stereocenters. The van der Waals surface area contributed by atoms with Crippen molar-refractivity contribution in [1.82, 2.24) is 14.7 Å². The normalized spacial score (nSPS) is 14.8. The average Bonchev–Trinajstić information content (AvgIpc) is 3.58. The van der Waals surface area contributed by atoms with E-state index in [-0.39, 0.29) is 31.7 Å². The maximum Gasteiger partial charge on any atom is 0.254 e. The SMILES string of the molecule is Cc1ccc(CN(Cc2ccc3c(c2)OCO3)C(=O)CN(CCN2CCOCC2)C(=O)c2cccc(Br)c2)o1. The smallest absolute Gasteiger partial charge is 0.254 e. The summed E-state index contributed by atoms with van der Waals surface area (Å²) in [5.74, 6) is 2.44. The molecule has 2 aliphatic heterocycles. The highest BCUT2D eigenvalue weighted by Crippen LogP contribution is 2.33. The van der Waals surface area contributed by atoms with Crippen LogP contribution in [0.5, 0.6) is 11.5 Å². The van der Waals surface area contributed by atoms with Gasteiger partial charge in [0.1, 0.15) is 18.1 Å². The van der Waals surface area contributed by atoms with Gasteiger partial charge in [-0.2, -0.15) is 0 Å². The Balaban J connectivity index is 1.35. The molecule has 10 heteroatoms. The number of nitrogens with zero attached hydrogens (tertiary/aromatic N) is 3. The fourth-order valence-corrected chi connectivity index (χ4v) is 5.06. The lowest BCUT2D eigenvalue weighted by molar-refractivity contribution is -0.133. The number of furan rings is 1. The zero-order valence-electron chi connectivity index (χ0n) is 21.9. The molecule has 2 amide bonds. The first-order valence-electron chi connectivity index (χ1n) is 13.0. The van der Waals surface area contributed by atoms with Crippen molar-refractivity contribution in [2.45, 2.75) is 20.0 Å². The van der Waals surface area contributed by atoms with Crippen LogP contribution in [0.15, 0.2) is 63.5 Å². The Morgan fingerprint density at radius 2 is 1.77 bits per heavy atom. The lowest BCUT2D eigenvalue weighted by Crippen LogP contribution is -2.47. The van der Waals surface area contributed by atoms with Crippen molar-refractivity contribution in [2.75, 3.05) is 52.7 Å². The number of hydrogen-bond donors (Lipinski definition) is 0. The standard InChI is InChI=1S/C29H32BrN3O6/c1-21-5-7-25(39-21)18-33(17-22-6-8-26-27(15-22)38-20-37-26)28(34)19-32(10-9-31-11-13-36-14-12-31)29(35)23-3-2-4-24(30)16-23/h2-8,15-16H,9-14,17-20H2,1H3. The van der Waals surface area contributed by atoms with Gasteiger partial charge in [-0.05, 0) is 55.0 Å². The molecule has 2 aliphatic rings. The van der Waals surface area contributed by atoms with E-state index < -0.39 is 0 Å². The van der Waals surface area contributed by atoms with E-state index in [2.05, 4.69) is 20.8 Å². The number of fused-ring (bicyclic) bond motifs is 1. The summed E-state index contributed by atoms with van der Waals surface area (Å²) in [5, 5.41) is 0. The number of hydrogen-bond acceptors (Lipinski definition) is 7. The molecule has 0 bridgehead atoms. The molecule has 1 aromatic heterocycles. The maximum atomic E-state index is 13.8. The van der Waals surface area contributed by atoms with Gasteiger partial charge in [-0.25, -0.2) is 0 Å². The number of aryl methyl sites for hydroxylation is 1. The van der Waals surface area contributed by atoms with Gasteiger partial charge in [0, 0.05) is 42.8 Å². The monoisotopic (exact) mass is 597 g/mol. The molecule has 3 heterocycles. The van der Waals surface area contributed by atoms with Crippen molar-refractivity contribution in [3.05, 3.63) is 81.7 Å². The third-order valence-corrected chi connectivity index (χ3v) is 7.27. The van der Waals surface area contributed by atoms with Gasteiger partial charge < -0.3 is 28.4 Å². The molecule has 0 aliphatic carbocycles. The van der Waals surface area contributed by atoms with Crippen LogP contribution in [-0.4, -0.2) is 79.2 Å². The third kappa shape index (κ3) is 7.20. The van der Waals surface area contributed by atoms with E-state index >= 15 is 0 Å². The fraction of sp³-hybridized carbons (Fsp3) is 0.379. The summed E-state index contributed by atoms with van der Waals surface area (Å²) < 4.78 is 23.0. The van der Waals surface area contributed by atoms with Gasteiger partial charge in [0.15, 0.2) is 11.5 Å². The van der Waals surface area contributed by atoms with E-state index in [1.54, 1.807) is 21.9 Å². The van der Waals surface area contributed by atoms with Crippen molar-refractivity contribution in [3.63, 3.8) is 0 Å². The van der Waals surface area contributed by atoms with E-state index in [1.165, 1.54) is 0 Å². The first kappa shape index (κ1) is 27.2. The second-order valence-electron chi connectivity index (χ2n) is 9.64. The average molecular weight is 598 g/mol. The van der Waals surface area contributed by atoms with Crippen molar-refractivity contribution in [2.24, 2.45) is 0 Å². The summed E-state index contributed by atoms with van der Waals surface area (Å²) in [6.07, 6.45) is 0. The van der Waals surface area contributed by atoms with Crippen molar-refractivity contribution >= 4 is 27.7 Å². The van der Waals surface area contributed by atoms with Gasteiger partial charge in [0.2, 0.25) is 12.7 Å². The van der Waals surface area contributed by atoms with Crippen LogP contribution in [0.4, 0.5) is 0 Å². The zero-order valence-corrected chi connectivity index (χ0v) is 23.5. The van der Waals surface area contributed by atoms with Gasteiger partial charge >= 0.3 is 0 Å². The number of amides is 2. The Hall–Kier alpha value is -3.34. The summed E-state index contributed by atoms with van der Waals surface area (Å²) in [7, 11) is 0. The summed E-state index contributed by atoms with van der Waals surface area (Å²) in [6.45, 7) is 6.66. The minimum atomic E-state index is -0.185. The second kappa shape index (κ2) is 12.7. The Labute approximate surface area is 236 Å². The number of carbonyl (C=O) groups excluding carboxylic acids is 2. The molecule has 9 nitrogen and oxygen atoms in total. The minimum Gasteiger partial charge on any atom is -0.464 e. The molecular weight excluding hydrogens is 566 g/mol. The van der Waals surface area contributed by atoms with Crippen molar-refractivity contribution < 1.29 is 28.2 Å². The molecule has 0 saturated carbocycles. The van der Waals surface area contributed by atoms with Crippen molar-refractivity contribution in [1.29, 1.82) is 0 Å². The fourth-order valence-electron chi connectivity index (χ4n) is 4.66. The molecule has 0 unspecified atom stereocenters. The van der Waals surface area contributed by atoms with E-state index in [9.17, 15) is 9.59 Å². The molecule has 39 heavy (non-hydrogen) atoms. The number of rotatable bonds is 10. The highest BCUT2D eigenvalue weighted by Gasteiger charge is 2.25. The Kier molecular flexibility index (Phi) is 8.85. The van der Waals surface area contributed by atoms with Crippen LogP contribution >= 0.6 is 15.9 Å². The summed E-state index contributed by atoms with van der Waals surface area (Å²) in [4.78, 5) is 33.1. The van der Waals surface area contributed by atoms with Gasteiger partial charge in [0.25, 0.3) is 5.91 Å². The van der Waals surface area contributed by atoms with Gasteiger partial charge in [-0.3, -0.25) is 14.5 Å². The molecule has 5 rings (SSSR count). The van der Waals surface area contributed by atoms with Crippen LogP contribution in [-0.2, 0) is 22.6 Å². The lowest BCUT2D eigenvalue weighted by Gasteiger charge is -2.31. The third-order valence-electron chi connectivity index (χ3n) is 6.78. The van der Waals surface area contributed by atoms with E-state index in [1.807, 2.05) is 49.4 Å². The van der Waals surface area contributed by atoms with E-state index in [0.29, 0.717) is 55.7 Å². The largest absolute Gasteiger partial charge is 0.464 e. The first-order valence-corrected chi connectivity index (χ1v) is 13.8. The van der Waals surface area contributed by atoms with Crippen LogP contribution in [0.3, 0.4) is 0 Å². The topological polar surface area (TPSA) is 84.7 Å². The molecular formula is C29H32BrN3O6. The molecule has 0 radical (unpaired) electrons. The Morgan fingerprint density at radius 3 is 2.54 bits per heavy atom. The molecule has 206 valence electrons. The number of ether oxygens (including phenoxy) is 3. The van der Waals surface area contributed by atoms with Gasteiger partial charge in [0.05, 0.1) is 19.8 Å². The number of benzene rings is 2. The van der Waals surface area contributed by atoms with Crippen molar-refractivity contribution in [3.8, 4) is 11.5 Å². The minimum absolute atomic E-state index is 0.0556. The van der Waals surface area contributed by atoms with Gasteiger partial charge in [-0.1, -0.05) is 28.1 Å². The van der Waals surface area contributed by atoms with Crippen LogP contribution in [0, 0.1) is 6.92 Å². The highest BCUT2D eigenvalue weighted by atomic mass is 79.9. The maximum absolute atomic E-state index is 13.8. The molecule has 0 spiro atoms. The Morgan fingerprint density at radius 1 is 0.949 bits per heavy atom. The molecule has 1 saturated heterocycles. The Bertz CT molecular complexity index is 1310. The van der Waals surface area contributed by atoms with E-state index in [4.69, 9.17) is 18.6 Å². The van der Waals surface area contributed by atoms with E-state index in [0.717, 1.165) is 28.9 Å². The quantitative estimate of drug-likeness (QED) is 0.348. The van der Waals surface area contributed by atoms with Crippen LogP contribution in [0.2, 0.25) is 0 Å².